The molecule has 6 nitrogen and oxygen atoms in total. The van der Waals surface area contributed by atoms with E-state index in [2.05, 4.69) is 10.2 Å². The molecule has 0 spiro atoms. The van der Waals surface area contributed by atoms with E-state index in [4.69, 9.17) is 0 Å². The number of hydrogen-bond donors (Lipinski definition) is 1. The first-order valence-corrected chi connectivity index (χ1v) is 12.9. The number of thiophene rings is 1. The highest BCUT2D eigenvalue weighted by atomic mass is 32.2. The summed E-state index contributed by atoms with van der Waals surface area (Å²) < 4.78 is 28.7. The summed E-state index contributed by atoms with van der Waals surface area (Å²) in [5.41, 5.74) is 1.87. The summed E-state index contributed by atoms with van der Waals surface area (Å²) in [6, 6.07) is 12.7. The van der Waals surface area contributed by atoms with Gasteiger partial charge in [0.1, 0.15) is 0 Å². The van der Waals surface area contributed by atoms with Crippen LogP contribution in [-0.4, -0.2) is 44.8 Å². The molecular weight excluding hydrogens is 430 g/mol. The Labute approximate surface area is 187 Å². The Morgan fingerprint density at radius 1 is 1.06 bits per heavy atom. The lowest BCUT2D eigenvalue weighted by atomic mass is 10.1. The second-order valence-electron chi connectivity index (χ2n) is 7.59. The average molecular weight is 458 g/mol. The van der Waals surface area contributed by atoms with Gasteiger partial charge in [0.05, 0.1) is 10.5 Å². The molecule has 8 heteroatoms. The number of benzene rings is 2. The van der Waals surface area contributed by atoms with Crippen LogP contribution in [0.5, 0.6) is 0 Å². The molecule has 0 atom stereocenters. The van der Waals surface area contributed by atoms with Crippen molar-refractivity contribution in [2.45, 2.75) is 31.6 Å². The second-order valence-corrected chi connectivity index (χ2v) is 10.5. The van der Waals surface area contributed by atoms with Crippen LogP contribution in [-0.2, 0) is 10.0 Å². The van der Waals surface area contributed by atoms with Crippen molar-refractivity contribution in [1.29, 1.82) is 0 Å². The molecule has 2 aromatic carbocycles. The zero-order chi connectivity index (χ0) is 22.0. The van der Waals surface area contributed by atoms with Crippen LogP contribution < -0.4 is 10.2 Å². The van der Waals surface area contributed by atoms with Crippen molar-refractivity contribution >= 4 is 48.7 Å². The van der Waals surface area contributed by atoms with E-state index in [1.807, 2.05) is 43.5 Å². The second kappa shape index (κ2) is 8.98. The van der Waals surface area contributed by atoms with Crippen LogP contribution >= 0.6 is 11.3 Å². The first kappa shape index (κ1) is 21.8. The zero-order valence-electron chi connectivity index (χ0n) is 17.8. The van der Waals surface area contributed by atoms with E-state index in [0.717, 1.165) is 41.7 Å². The predicted molar refractivity (Wildman–Crippen MR) is 128 cm³/mol. The fourth-order valence-electron chi connectivity index (χ4n) is 4.05. The standard InChI is InChI=1S/C23H27N3O3S2/c1-3-26(4-2)31(28,29)19-8-9-21(25-12-5-6-13-25)20(16-19)23(27)24-18-7-10-22-17(15-18)11-14-30-22/h7-11,14-16H,3-6,12-13H2,1-2H3,(H,24,27). The smallest absolute Gasteiger partial charge is 0.257 e. The molecule has 1 saturated heterocycles. The number of sulfonamides is 1. The summed E-state index contributed by atoms with van der Waals surface area (Å²) >= 11 is 1.65. The number of hydrogen-bond acceptors (Lipinski definition) is 5. The molecular formula is C23H27N3O3S2. The molecule has 0 unspecified atom stereocenters. The molecule has 31 heavy (non-hydrogen) atoms. The fraction of sp³-hybridized carbons (Fsp3) is 0.348. The third-order valence-electron chi connectivity index (χ3n) is 5.71. The first-order chi connectivity index (χ1) is 14.9. The van der Waals surface area contributed by atoms with Crippen molar-refractivity contribution in [3.05, 3.63) is 53.4 Å². The molecule has 1 N–H and O–H groups in total. The summed E-state index contributed by atoms with van der Waals surface area (Å²) in [4.78, 5) is 15.6. The lowest BCUT2D eigenvalue weighted by molar-refractivity contribution is 0.102. The number of rotatable bonds is 7. The highest BCUT2D eigenvalue weighted by Crippen LogP contribution is 2.30. The van der Waals surface area contributed by atoms with Gasteiger partial charge in [-0.15, -0.1) is 11.3 Å². The molecule has 0 bridgehead atoms. The maximum Gasteiger partial charge on any atom is 0.257 e. The average Bonchev–Trinajstić information content (AvgIpc) is 3.45. The van der Waals surface area contributed by atoms with E-state index in [1.165, 1.54) is 10.4 Å². The molecule has 0 saturated carbocycles. The van der Waals surface area contributed by atoms with E-state index >= 15 is 0 Å². The predicted octanol–water partition coefficient (Wildman–Crippen LogP) is 4.78. The van der Waals surface area contributed by atoms with Gasteiger partial charge in [-0.25, -0.2) is 8.42 Å². The maximum atomic E-state index is 13.3. The third kappa shape index (κ3) is 4.33. The summed E-state index contributed by atoms with van der Waals surface area (Å²) in [7, 11) is -3.66. The quantitative estimate of drug-likeness (QED) is 0.554. The van der Waals surface area contributed by atoms with Crippen LogP contribution in [0.2, 0.25) is 0 Å². The Balaban J connectivity index is 1.72. The minimum Gasteiger partial charge on any atom is -0.371 e. The van der Waals surface area contributed by atoms with E-state index in [0.29, 0.717) is 24.3 Å². The minimum atomic E-state index is -3.66. The van der Waals surface area contributed by atoms with Crippen molar-refractivity contribution < 1.29 is 13.2 Å². The van der Waals surface area contributed by atoms with Gasteiger partial charge in [0.2, 0.25) is 10.0 Å². The topological polar surface area (TPSA) is 69.7 Å². The van der Waals surface area contributed by atoms with E-state index in [9.17, 15) is 13.2 Å². The number of nitrogens with one attached hydrogen (secondary N) is 1. The van der Waals surface area contributed by atoms with Gasteiger partial charge >= 0.3 is 0 Å². The Bertz CT molecular complexity index is 1190. The molecule has 1 aliphatic heterocycles. The van der Waals surface area contributed by atoms with Crippen LogP contribution in [0.25, 0.3) is 10.1 Å². The summed E-state index contributed by atoms with van der Waals surface area (Å²) in [6.07, 6.45) is 2.13. The van der Waals surface area contributed by atoms with Crippen LogP contribution in [0.3, 0.4) is 0 Å². The SMILES string of the molecule is CCN(CC)S(=O)(=O)c1ccc(N2CCCC2)c(C(=O)Nc2ccc3sccc3c2)c1. The summed E-state index contributed by atoms with van der Waals surface area (Å²) in [5.74, 6) is -0.298. The molecule has 1 fully saturated rings. The van der Waals surface area contributed by atoms with Crippen LogP contribution in [0, 0.1) is 0 Å². The largest absolute Gasteiger partial charge is 0.371 e. The van der Waals surface area contributed by atoms with Gasteiger partial charge in [0.25, 0.3) is 5.91 Å². The molecule has 164 valence electrons. The Morgan fingerprint density at radius 2 is 1.81 bits per heavy atom. The van der Waals surface area contributed by atoms with Gasteiger partial charge in [0.15, 0.2) is 0 Å². The monoisotopic (exact) mass is 457 g/mol. The maximum absolute atomic E-state index is 13.3. The molecule has 2 heterocycles. The number of fused-ring (bicyclic) bond motifs is 1. The minimum absolute atomic E-state index is 0.151. The van der Waals surface area contributed by atoms with Crippen molar-refractivity contribution in [2.24, 2.45) is 0 Å². The third-order valence-corrected chi connectivity index (χ3v) is 8.66. The van der Waals surface area contributed by atoms with Gasteiger partial charge in [-0.05, 0) is 66.1 Å². The molecule has 1 aliphatic rings. The van der Waals surface area contributed by atoms with Gasteiger partial charge in [0, 0.05) is 42.3 Å². The number of anilines is 2. The van der Waals surface area contributed by atoms with Gasteiger partial charge in [-0.1, -0.05) is 13.8 Å². The number of amides is 1. The molecule has 0 aliphatic carbocycles. The highest BCUT2D eigenvalue weighted by Gasteiger charge is 2.26. The molecule has 1 aromatic heterocycles. The van der Waals surface area contributed by atoms with Crippen molar-refractivity contribution in [1.82, 2.24) is 4.31 Å². The van der Waals surface area contributed by atoms with Crippen LogP contribution in [0.4, 0.5) is 11.4 Å². The molecule has 0 radical (unpaired) electrons. The summed E-state index contributed by atoms with van der Waals surface area (Å²) in [6.45, 7) is 6.12. The fourth-order valence-corrected chi connectivity index (χ4v) is 6.30. The van der Waals surface area contributed by atoms with Crippen molar-refractivity contribution in [3.8, 4) is 0 Å². The lowest BCUT2D eigenvalue weighted by Gasteiger charge is -2.23. The normalized spacial score (nSPS) is 14.5. The first-order valence-electron chi connectivity index (χ1n) is 10.6. The van der Waals surface area contributed by atoms with Gasteiger partial charge in [-0.3, -0.25) is 4.79 Å². The number of carbonyl (C=O) groups excluding carboxylic acids is 1. The highest BCUT2D eigenvalue weighted by molar-refractivity contribution is 7.89. The lowest BCUT2D eigenvalue weighted by Crippen LogP contribution is -2.31. The number of nitrogens with zero attached hydrogens (tertiary/aromatic N) is 2. The Morgan fingerprint density at radius 3 is 2.52 bits per heavy atom. The van der Waals surface area contributed by atoms with Crippen LogP contribution in [0.1, 0.15) is 37.0 Å². The Hall–Kier alpha value is -2.42. The summed E-state index contributed by atoms with van der Waals surface area (Å²) in [5, 5.41) is 6.06. The molecule has 3 aromatic rings. The van der Waals surface area contributed by atoms with Gasteiger partial charge in [-0.2, -0.15) is 4.31 Å². The van der Waals surface area contributed by atoms with Gasteiger partial charge < -0.3 is 10.2 Å². The number of carbonyl (C=O) groups is 1. The molecule has 4 rings (SSSR count). The van der Waals surface area contributed by atoms with Crippen molar-refractivity contribution in [2.75, 3.05) is 36.4 Å². The van der Waals surface area contributed by atoms with E-state index in [-0.39, 0.29) is 10.8 Å². The van der Waals surface area contributed by atoms with Crippen LogP contribution in [0.15, 0.2) is 52.7 Å². The van der Waals surface area contributed by atoms with E-state index < -0.39 is 10.0 Å². The zero-order valence-corrected chi connectivity index (χ0v) is 19.4. The van der Waals surface area contributed by atoms with E-state index in [1.54, 1.807) is 23.5 Å². The Kier molecular flexibility index (Phi) is 6.31. The molecule has 1 amide bonds. The van der Waals surface area contributed by atoms with Crippen molar-refractivity contribution in [3.63, 3.8) is 0 Å².